The molecule has 8 nitrogen and oxygen atoms in total. The van der Waals surface area contributed by atoms with Crippen LogP contribution in [0.15, 0.2) is 33.7 Å². The summed E-state index contributed by atoms with van der Waals surface area (Å²) in [7, 11) is 0. The lowest BCUT2D eigenvalue weighted by Crippen LogP contribution is -2.21. The molecule has 0 spiro atoms. The second-order valence-corrected chi connectivity index (χ2v) is 6.99. The van der Waals surface area contributed by atoms with Gasteiger partial charge < -0.3 is 14.8 Å². The normalized spacial score (nSPS) is 11.1. The topological polar surface area (TPSA) is 114 Å². The Morgan fingerprint density at radius 2 is 1.93 bits per heavy atom. The van der Waals surface area contributed by atoms with Gasteiger partial charge in [-0.3, -0.25) is 14.3 Å². The summed E-state index contributed by atoms with van der Waals surface area (Å²) in [6.45, 7) is 3.73. The highest BCUT2D eigenvalue weighted by molar-refractivity contribution is 9.10. The first-order valence-electron chi connectivity index (χ1n) is 7.99. The lowest BCUT2D eigenvalue weighted by atomic mass is 10.1. The molecule has 140 valence electrons. The van der Waals surface area contributed by atoms with Crippen molar-refractivity contribution in [3.63, 3.8) is 0 Å². The number of aryl methyl sites for hydroxylation is 1. The smallest absolute Gasteiger partial charge is 0.341 e. The molecule has 2 heterocycles. The number of fused-ring (bicyclic) bond motifs is 1. The van der Waals surface area contributed by atoms with Crippen LogP contribution in [0.4, 0.5) is 0 Å². The van der Waals surface area contributed by atoms with Gasteiger partial charge in [0, 0.05) is 11.6 Å². The highest BCUT2D eigenvalue weighted by Gasteiger charge is 2.17. The molecule has 0 atom stereocenters. The fourth-order valence-electron chi connectivity index (χ4n) is 2.97. The highest BCUT2D eigenvalue weighted by atomic mass is 79.9. The maximum absolute atomic E-state index is 12.6. The number of carboxylic acids is 2. The van der Waals surface area contributed by atoms with E-state index in [1.54, 1.807) is 22.9 Å². The third-order valence-electron chi connectivity index (χ3n) is 4.31. The Kier molecular flexibility index (Phi) is 4.88. The second kappa shape index (κ2) is 6.99. The first-order chi connectivity index (χ1) is 12.7. The van der Waals surface area contributed by atoms with Gasteiger partial charge >= 0.3 is 11.9 Å². The average Bonchev–Trinajstić information content (AvgIpc) is 2.83. The van der Waals surface area contributed by atoms with Gasteiger partial charge in [-0.2, -0.15) is 5.10 Å². The Balaban J connectivity index is 2.16. The standard InChI is InChI=1S/C18H16BrN3O5/c1-9-16(19)10(2)22(20-9)6-11-3-4-14-12(5-11)17(25)13(18(26)27)7-21(14)8-15(23)24/h3-5,7H,6,8H2,1-2H3,(H,23,24)(H,26,27). The van der Waals surface area contributed by atoms with Crippen molar-refractivity contribution in [1.82, 2.24) is 14.3 Å². The lowest BCUT2D eigenvalue weighted by Gasteiger charge is -2.12. The Labute approximate surface area is 161 Å². The van der Waals surface area contributed by atoms with Crippen LogP contribution in [0.25, 0.3) is 10.9 Å². The van der Waals surface area contributed by atoms with Gasteiger partial charge in [0.05, 0.1) is 27.9 Å². The maximum Gasteiger partial charge on any atom is 0.341 e. The van der Waals surface area contributed by atoms with E-state index in [1.807, 2.05) is 13.8 Å². The minimum atomic E-state index is -1.39. The molecule has 3 rings (SSSR count). The summed E-state index contributed by atoms with van der Waals surface area (Å²) in [6, 6.07) is 4.99. The number of rotatable bonds is 5. The zero-order chi connectivity index (χ0) is 19.9. The molecule has 0 saturated heterocycles. The van der Waals surface area contributed by atoms with E-state index >= 15 is 0 Å². The van der Waals surface area contributed by atoms with Crippen molar-refractivity contribution < 1.29 is 19.8 Å². The van der Waals surface area contributed by atoms with Gasteiger partial charge in [0.2, 0.25) is 5.43 Å². The van der Waals surface area contributed by atoms with Gasteiger partial charge in [0.15, 0.2) is 0 Å². The average molecular weight is 434 g/mol. The lowest BCUT2D eigenvalue weighted by molar-refractivity contribution is -0.137. The van der Waals surface area contributed by atoms with Gasteiger partial charge in [-0.25, -0.2) is 4.79 Å². The largest absolute Gasteiger partial charge is 0.480 e. The highest BCUT2D eigenvalue weighted by Crippen LogP contribution is 2.22. The maximum atomic E-state index is 12.6. The SMILES string of the molecule is Cc1nn(Cc2ccc3c(c2)c(=O)c(C(=O)O)cn3CC(=O)O)c(C)c1Br. The zero-order valence-electron chi connectivity index (χ0n) is 14.6. The van der Waals surface area contributed by atoms with Crippen molar-refractivity contribution in [2.75, 3.05) is 0 Å². The van der Waals surface area contributed by atoms with Crippen LogP contribution >= 0.6 is 15.9 Å². The van der Waals surface area contributed by atoms with Crippen LogP contribution in [0.1, 0.15) is 27.3 Å². The number of carbonyl (C=O) groups is 2. The van der Waals surface area contributed by atoms with Crippen molar-refractivity contribution in [2.24, 2.45) is 0 Å². The van der Waals surface area contributed by atoms with Crippen molar-refractivity contribution in [3.8, 4) is 0 Å². The predicted octanol–water partition coefficient (Wildman–Crippen LogP) is 2.41. The molecule has 9 heteroatoms. The summed E-state index contributed by atoms with van der Waals surface area (Å²) in [5.74, 6) is -2.53. The molecule has 0 aliphatic heterocycles. The van der Waals surface area contributed by atoms with Crippen molar-refractivity contribution in [3.05, 3.63) is 61.6 Å². The number of hydrogen-bond donors (Lipinski definition) is 2. The van der Waals surface area contributed by atoms with Crippen LogP contribution in [0.5, 0.6) is 0 Å². The fraction of sp³-hybridized carbons (Fsp3) is 0.222. The van der Waals surface area contributed by atoms with E-state index in [0.29, 0.717) is 12.1 Å². The molecule has 3 aromatic rings. The first kappa shape index (κ1) is 18.8. The van der Waals surface area contributed by atoms with E-state index in [9.17, 15) is 19.5 Å². The third kappa shape index (κ3) is 3.50. The molecular weight excluding hydrogens is 418 g/mol. The van der Waals surface area contributed by atoms with Crippen LogP contribution in [-0.4, -0.2) is 36.5 Å². The van der Waals surface area contributed by atoms with E-state index in [0.717, 1.165) is 27.6 Å². The molecule has 27 heavy (non-hydrogen) atoms. The monoisotopic (exact) mass is 433 g/mol. The first-order valence-corrected chi connectivity index (χ1v) is 8.79. The number of halogens is 1. The van der Waals surface area contributed by atoms with E-state index in [2.05, 4.69) is 21.0 Å². The van der Waals surface area contributed by atoms with Crippen LogP contribution in [0.2, 0.25) is 0 Å². The molecule has 0 bridgehead atoms. The molecule has 0 aliphatic carbocycles. The quantitative estimate of drug-likeness (QED) is 0.638. The Hall–Kier alpha value is -2.94. The Bertz CT molecular complexity index is 1150. The predicted molar refractivity (Wildman–Crippen MR) is 101 cm³/mol. The van der Waals surface area contributed by atoms with Gasteiger partial charge in [-0.05, 0) is 47.5 Å². The van der Waals surface area contributed by atoms with Crippen molar-refractivity contribution >= 4 is 38.8 Å². The molecule has 0 fully saturated rings. The minimum Gasteiger partial charge on any atom is -0.480 e. The van der Waals surface area contributed by atoms with Gasteiger partial charge in [0.1, 0.15) is 12.1 Å². The number of aromatic carboxylic acids is 1. The van der Waals surface area contributed by atoms with Crippen LogP contribution in [-0.2, 0) is 17.9 Å². The number of pyridine rings is 1. The molecule has 0 saturated carbocycles. The molecule has 2 N–H and O–H groups in total. The summed E-state index contributed by atoms with van der Waals surface area (Å²) >= 11 is 3.47. The summed E-state index contributed by atoms with van der Waals surface area (Å²) in [6.07, 6.45) is 1.07. The van der Waals surface area contributed by atoms with Crippen LogP contribution < -0.4 is 5.43 Å². The third-order valence-corrected chi connectivity index (χ3v) is 5.45. The fourth-order valence-corrected chi connectivity index (χ4v) is 3.26. The number of hydrogen-bond acceptors (Lipinski definition) is 4. The molecule has 0 unspecified atom stereocenters. The van der Waals surface area contributed by atoms with Gasteiger partial charge in [0.25, 0.3) is 0 Å². The number of carboxylic acid groups (broad SMARTS) is 2. The number of benzene rings is 1. The number of aromatic nitrogens is 3. The Morgan fingerprint density at radius 3 is 2.48 bits per heavy atom. The summed E-state index contributed by atoms with van der Waals surface area (Å²) in [5, 5.41) is 22.9. The Morgan fingerprint density at radius 1 is 1.22 bits per heavy atom. The summed E-state index contributed by atoms with van der Waals surface area (Å²) in [5.41, 5.74) is 1.78. The molecule has 0 radical (unpaired) electrons. The summed E-state index contributed by atoms with van der Waals surface area (Å²) in [4.78, 5) is 35.0. The summed E-state index contributed by atoms with van der Waals surface area (Å²) < 4.78 is 3.93. The van der Waals surface area contributed by atoms with E-state index in [4.69, 9.17) is 5.11 Å². The van der Waals surface area contributed by atoms with Gasteiger partial charge in [-0.15, -0.1) is 0 Å². The van der Waals surface area contributed by atoms with E-state index < -0.39 is 29.5 Å². The molecule has 2 aromatic heterocycles. The molecule has 1 aromatic carbocycles. The molecule has 0 amide bonds. The van der Waals surface area contributed by atoms with Crippen LogP contribution in [0.3, 0.4) is 0 Å². The van der Waals surface area contributed by atoms with Crippen molar-refractivity contribution in [2.45, 2.75) is 26.9 Å². The molecule has 0 aliphatic rings. The second-order valence-electron chi connectivity index (χ2n) is 6.19. The zero-order valence-corrected chi connectivity index (χ0v) is 16.1. The van der Waals surface area contributed by atoms with E-state index in [1.165, 1.54) is 4.57 Å². The van der Waals surface area contributed by atoms with Crippen LogP contribution in [0, 0.1) is 13.8 Å². The van der Waals surface area contributed by atoms with Gasteiger partial charge in [-0.1, -0.05) is 6.07 Å². The molecular formula is C18H16BrN3O5. The van der Waals surface area contributed by atoms with Crippen molar-refractivity contribution in [1.29, 1.82) is 0 Å². The number of nitrogens with zero attached hydrogens (tertiary/aromatic N) is 3. The van der Waals surface area contributed by atoms with E-state index in [-0.39, 0.29) is 5.39 Å². The minimum absolute atomic E-state index is 0.161. The number of aliphatic carboxylic acids is 1.